The Morgan fingerprint density at radius 1 is 1.27 bits per heavy atom. The normalized spacial score (nSPS) is 53.5. The van der Waals surface area contributed by atoms with Crippen LogP contribution in [0, 0.1) is 34.5 Å². The zero-order valence-corrected chi connectivity index (χ0v) is 14.0. The fourth-order valence-electron chi connectivity index (χ4n) is 6.28. The highest BCUT2D eigenvalue weighted by Crippen LogP contribution is 2.63. The topological polar surface area (TPSA) is 37.3 Å². The van der Waals surface area contributed by atoms with Gasteiger partial charge in [0.1, 0.15) is 0 Å². The maximum Gasteiger partial charge on any atom is 0.155 e. The van der Waals surface area contributed by atoms with Crippen LogP contribution >= 0.6 is 0 Å². The summed E-state index contributed by atoms with van der Waals surface area (Å²) in [5, 5.41) is 10.7. The molecule has 0 unspecified atom stereocenters. The smallest absolute Gasteiger partial charge is 0.155 e. The summed E-state index contributed by atoms with van der Waals surface area (Å²) in [7, 11) is 0. The highest BCUT2D eigenvalue weighted by Gasteiger charge is 2.58. The summed E-state index contributed by atoms with van der Waals surface area (Å²) in [6, 6.07) is 0. The molecule has 1 N–H and O–H groups in total. The average Bonchev–Trinajstić information content (AvgIpc) is 2.72. The predicted molar refractivity (Wildman–Crippen MR) is 87.2 cm³/mol. The average molecular weight is 300 g/mol. The van der Waals surface area contributed by atoms with Crippen molar-refractivity contribution in [2.45, 2.75) is 59.0 Å². The van der Waals surface area contributed by atoms with Crippen molar-refractivity contribution in [2.75, 3.05) is 0 Å². The van der Waals surface area contributed by atoms with Gasteiger partial charge in [-0.15, -0.1) is 0 Å². The van der Waals surface area contributed by atoms with Crippen LogP contribution in [-0.4, -0.2) is 17.0 Å². The number of rotatable bonds is 0. The third-order valence-electron chi connectivity index (χ3n) is 7.68. The monoisotopic (exact) mass is 300 g/mol. The maximum atomic E-state index is 11.8. The zero-order chi connectivity index (χ0) is 15.7. The van der Waals surface area contributed by atoms with Gasteiger partial charge < -0.3 is 5.11 Å². The first-order valence-electron chi connectivity index (χ1n) is 8.97. The molecule has 2 heteroatoms. The van der Waals surface area contributed by atoms with Crippen LogP contribution < -0.4 is 0 Å². The van der Waals surface area contributed by atoms with Crippen molar-refractivity contribution in [3.8, 4) is 0 Å². The molecule has 2 nitrogen and oxygen atoms in total. The van der Waals surface area contributed by atoms with E-state index in [9.17, 15) is 9.90 Å². The van der Waals surface area contributed by atoms with Gasteiger partial charge in [-0.3, -0.25) is 4.79 Å². The molecule has 7 atom stereocenters. The SMILES string of the molecule is C[C@H]1C[C@H]2[C@@H]3CCC4=CC(=O)CC[C@]4(C)[C@H]3C=C[C@]2(C)[C@H]1O. The summed E-state index contributed by atoms with van der Waals surface area (Å²) < 4.78 is 0. The number of allylic oxidation sites excluding steroid dienone is 3. The summed E-state index contributed by atoms with van der Waals surface area (Å²) in [4.78, 5) is 11.8. The van der Waals surface area contributed by atoms with E-state index >= 15 is 0 Å². The lowest BCUT2D eigenvalue weighted by Gasteiger charge is -2.54. The minimum atomic E-state index is -0.202. The molecular formula is C20H28O2. The van der Waals surface area contributed by atoms with E-state index in [1.165, 1.54) is 12.0 Å². The lowest BCUT2D eigenvalue weighted by molar-refractivity contribution is -0.116. The van der Waals surface area contributed by atoms with Gasteiger partial charge in [-0.05, 0) is 60.8 Å². The second-order valence-corrected chi connectivity index (χ2v) is 8.77. The van der Waals surface area contributed by atoms with Crippen LogP contribution in [0.2, 0.25) is 0 Å². The Bertz CT molecular complexity index is 574. The minimum absolute atomic E-state index is 0.0390. The van der Waals surface area contributed by atoms with E-state index in [0.717, 1.165) is 19.3 Å². The van der Waals surface area contributed by atoms with Crippen molar-refractivity contribution < 1.29 is 9.90 Å². The molecule has 2 saturated carbocycles. The highest BCUT2D eigenvalue weighted by molar-refractivity contribution is 5.91. The number of aliphatic hydroxyl groups excluding tert-OH is 1. The van der Waals surface area contributed by atoms with Gasteiger partial charge in [0, 0.05) is 11.8 Å². The van der Waals surface area contributed by atoms with Gasteiger partial charge in [0.25, 0.3) is 0 Å². The van der Waals surface area contributed by atoms with Crippen molar-refractivity contribution in [3.05, 3.63) is 23.8 Å². The molecule has 4 aliphatic carbocycles. The zero-order valence-electron chi connectivity index (χ0n) is 14.0. The van der Waals surface area contributed by atoms with Gasteiger partial charge in [-0.2, -0.15) is 0 Å². The van der Waals surface area contributed by atoms with Gasteiger partial charge in [0.15, 0.2) is 5.78 Å². The van der Waals surface area contributed by atoms with E-state index in [-0.39, 0.29) is 16.9 Å². The van der Waals surface area contributed by atoms with Crippen molar-refractivity contribution in [1.29, 1.82) is 0 Å². The molecule has 0 aliphatic heterocycles. The highest BCUT2D eigenvalue weighted by atomic mass is 16.3. The summed E-state index contributed by atoms with van der Waals surface area (Å²) in [5.74, 6) is 2.54. The van der Waals surface area contributed by atoms with Crippen molar-refractivity contribution in [1.82, 2.24) is 0 Å². The second kappa shape index (κ2) is 4.56. The lowest BCUT2D eigenvalue weighted by Crippen LogP contribution is -2.48. The van der Waals surface area contributed by atoms with Crippen LogP contribution in [0.4, 0.5) is 0 Å². The fraction of sp³-hybridized carbons (Fsp3) is 0.750. The minimum Gasteiger partial charge on any atom is -0.392 e. The van der Waals surface area contributed by atoms with Crippen LogP contribution in [-0.2, 0) is 4.79 Å². The van der Waals surface area contributed by atoms with E-state index in [0.29, 0.717) is 35.9 Å². The Balaban J connectivity index is 1.75. The van der Waals surface area contributed by atoms with Gasteiger partial charge in [-0.1, -0.05) is 38.5 Å². The van der Waals surface area contributed by atoms with E-state index in [2.05, 4.69) is 32.9 Å². The summed E-state index contributed by atoms with van der Waals surface area (Å²) in [5.41, 5.74) is 1.53. The standard InChI is InChI=1S/C20H28O2/c1-12-10-17-15-5-4-13-11-14(21)6-8-19(13,2)16(15)7-9-20(17,3)18(12)22/h7,9,11-12,15-18,22H,4-6,8,10H2,1-3H3/t12-,15+,16-,17-,18-,19-,20-/m0/s1. The molecule has 0 aromatic heterocycles. The number of hydrogen-bond acceptors (Lipinski definition) is 2. The molecule has 0 aromatic rings. The van der Waals surface area contributed by atoms with E-state index in [1.807, 2.05) is 6.08 Å². The Hall–Kier alpha value is -0.890. The van der Waals surface area contributed by atoms with Crippen LogP contribution in [0.3, 0.4) is 0 Å². The number of fused-ring (bicyclic) bond motifs is 5. The quantitative estimate of drug-likeness (QED) is 0.689. The largest absolute Gasteiger partial charge is 0.392 e. The van der Waals surface area contributed by atoms with Crippen LogP contribution in [0.1, 0.15) is 52.9 Å². The van der Waals surface area contributed by atoms with Gasteiger partial charge in [0.2, 0.25) is 0 Å². The molecule has 4 aliphatic rings. The van der Waals surface area contributed by atoms with Gasteiger partial charge in [-0.25, -0.2) is 0 Å². The third-order valence-corrected chi connectivity index (χ3v) is 7.68. The van der Waals surface area contributed by atoms with Gasteiger partial charge in [0.05, 0.1) is 6.10 Å². The summed E-state index contributed by atoms with van der Waals surface area (Å²) in [6.07, 6.45) is 11.6. The molecule has 0 aromatic carbocycles. The Morgan fingerprint density at radius 3 is 2.82 bits per heavy atom. The number of carbonyl (C=O) groups is 1. The molecule has 0 bridgehead atoms. The van der Waals surface area contributed by atoms with Crippen LogP contribution in [0.5, 0.6) is 0 Å². The Morgan fingerprint density at radius 2 is 2.05 bits per heavy atom. The van der Waals surface area contributed by atoms with E-state index < -0.39 is 0 Å². The molecular weight excluding hydrogens is 272 g/mol. The molecule has 120 valence electrons. The molecule has 0 saturated heterocycles. The molecule has 0 heterocycles. The summed E-state index contributed by atoms with van der Waals surface area (Å²) >= 11 is 0. The Kier molecular flexibility index (Phi) is 3.05. The number of carbonyl (C=O) groups excluding carboxylic acids is 1. The molecule has 0 spiro atoms. The number of ketones is 1. The fourth-order valence-corrected chi connectivity index (χ4v) is 6.28. The van der Waals surface area contributed by atoms with E-state index in [1.54, 1.807) is 0 Å². The number of aliphatic hydroxyl groups is 1. The molecule has 0 amide bonds. The molecule has 2 fully saturated rings. The van der Waals surface area contributed by atoms with Crippen LogP contribution in [0.15, 0.2) is 23.8 Å². The van der Waals surface area contributed by atoms with Gasteiger partial charge >= 0.3 is 0 Å². The van der Waals surface area contributed by atoms with Crippen molar-refractivity contribution >= 4 is 5.78 Å². The molecule has 4 rings (SSSR count). The lowest BCUT2D eigenvalue weighted by atomic mass is 9.50. The first-order valence-corrected chi connectivity index (χ1v) is 8.97. The predicted octanol–water partition coefficient (Wildman–Crippen LogP) is 3.90. The van der Waals surface area contributed by atoms with E-state index in [4.69, 9.17) is 0 Å². The second-order valence-electron chi connectivity index (χ2n) is 8.77. The molecule has 0 radical (unpaired) electrons. The van der Waals surface area contributed by atoms with Crippen LogP contribution in [0.25, 0.3) is 0 Å². The number of hydrogen-bond donors (Lipinski definition) is 1. The first kappa shape index (κ1) is 14.7. The maximum absolute atomic E-state index is 11.8. The Labute approximate surface area is 133 Å². The first-order chi connectivity index (χ1) is 10.4. The summed E-state index contributed by atoms with van der Waals surface area (Å²) in [6.45, 7) is 6.84. The third kappa shape index (κ3) is 1.73. The van der Waals surface area contributed by atoms with Crippen molar-refractivity contribution in [2.24, 2.45) is 34.5 Å². The van der Waals surface area contributed by atoms with Crippen molar-refractivity contribution in [3.63, 3.8) is 0 Å². The molecule has 22 heavy (non-hydrogen) atoms.